The molecule has 2 nitrogen and oxygen atoms in total. The van der Waals surface area contributed by atoms with E-state index in [1.165, 1.54) is 12.8 Å². The van der Waals surface area contributed by atoms with Gasteiger partial charge in [-0.15, -0.1) is 0 Å². The topological polar surface area (TPSA) is 32.3 Å². The van der Waals surface area contributed by atoms with Crippen LogP contribution < -0.4 is 5.32 Å². The highest BCUT2D eigenvalue weighted by molar-refractivity contribution is 5.04. The Morgan fingerprint density at radius 3 is 2.78 bits per heavy atom. The number of aliphatic hydroxyl groups is 1. The Morgan fingerprint density at radius 1 is 1.67 bits per heavy atom. The van der Waals surface area contributed by atoms with E-state index in [2.05, 4.69) is 11.9 Å². The van der Waals surface area contributed by atoms with E-state index in [1.807, 2.05) is 0 Å². The smallest absolute Gasteiger partial charge is 0.0603 e. The van der Waals surface area contributed by atoms with Gasteiger partial charge in [-0.05, 0) is 18.8 Å². The molecule has 1 aliphatic rings. The first-order valence-electron chi connectivity index (χ1n) is 3.38. The van der Waals surface area contributed by atoms with Gasteiger partial charge in [0.05, 0.1) is 6.61 Å². The maximum absolute atomic E-state index is 8.41. The van der Waals surface area contributed by atoms with Crippen LogP contribution in [0.1, 0.15) is 12.8 Å². The molecule has 1 saturated carbocycles. The summed E-state index contributed by atoms with van der Waals surface area (Å²) in [4.78, 5) is 0. The highest BCUT2D eigenvalue weighted by Gasteiger charge is 2.23. The lowest BCUT2D eigenvalue weighted by Crippen LogP contribution is -2.17. The number of allylic oxidation sites excluding steroid dienone is 1. The Kier molecular flexibility index (Phi) is 2.11. The van der Waals surface area contributed by atoms with Gasteiger partial charge in [-0.2, -0.15) is 0 Å². The van der Waals surface area contributed by atoms with Crippen LogP contribution in [0.15, 0.2) is 12.3 Å². The zero-order valence-electron chi connectivity index (χ0n) is 5.56. The predicted octanol–water partition coefficient (Wildman–Crippen LogP) is 0.492. The third-order valence-electron chi connectivity index (χ3n) is 1.53. The Morgan fingerprint density at radius 2 is 2.33 bits per heavy atom. The Bertz CT molecular complexity index is 107. The van der Waals surface area contributed by atoms with Crippen molar-refractivity contribution in [3.8, 4) is 0 Å². The molecule has 52 valence electrons. The second-order valence-corrected chi connectivity index (χ2v) is 2.45. The summed E-state index contributed by atoms with van der Waals surface area (Å²) in [5, 5.41) is 11.5. The third kappa shape index (κ3) is 2.06. The fourth-order valence-electron chi connectivity index (χ4n) is 0.793. The summed E-state index contributed by atoms with van der Waals surface area (Å²) in [7, 11) is 0. The molecule has 0 aromatic heterocycles. The highest BCUT2D eigenvalue weighted by Crippen LogP contribution is 2.33. The van der Waals surface area contributed by atoms with Crippen molar-refractivity contribution in [2.24, 2.45) is 5.92 Å². The van der Waals surface area contributed by atoms with Crippen LogP contribution in [0.4, 0.5) is 0 Å². The Hall–Kier alpha value is -0.500. The van der Waals surface area contributed by atoms with Gasteiger partial charge in [0.1, 0.15) is 0 Å². The van der Waals surface area contributed by atoms with E-state index in [0.29, 0.717) is 12.5 Å². The summed E-state index contributed by atoms with van der Waals surface area (Å²) in [6, 6.07) is 0. The number of aliphatic hydroxyl groups excluding tert-OH is 1. The molecule has 0 aromatic carbocycles. The standard InChI is InChI=1S/C7H13NO/c1-6(7-2-3-7)8-4-5-9/h7-9H,1-5H2. The van der Waals surface area contributed by atoms with Crippen LogP contribution >= 0.6 is 0 Å². The van der Waals surface area contributed by atoms with Gasteiger partial charge in [-0.1, -0.05) is 6.58 Å². The lowest BCUT2D eigenvalue weighted by atomic mass is 10.3. The van der Waals surface area contributed by atoms with Crippen molar-refractivity contribution < 1.29 is 5.11 Å². The molecule has 0 heterocycles. The van der Waals surface area contributed by atoms with Crippen LogP contribution in [0.25, 0.3) is 0 Å². The van der Waals surface area contributed by atoms with Crippen molar-refractivity contribution in [1.82, 2.24) is 5.32 Å². The average molecular weight is 127 g/mol. The SMILES string of the molecule is C=C(NCCO)C1CC1. The fourth-order valence-corrected chi connectivity index (χ4v) is 0.793. The highest BCUT2D eigenvalue weighted by atomic mass is 16.3. The van der Waals surface area contributed by atoms with Gasteiger partial charge in [-0.25, -0.2) is 0 Å². The zero-order chi connectivity index (χ0) is 6.69. The van der Waals surface area contributed by atoms with Gasteiger partial charge >= 0.3 is 0 Å². The average Bonchev–Trinajstić information content (AvgIpc) is 2.63. The zero-order valence-corrected chi connectivity index (χ0v) is 5.56. The van der Waals surface area contributed by atoms with E-state index in [-0.39, 0.29) is 6.61 Å². The van der Waals surface area contributed by atoms with Gasteiger partial charge in [0.2, 0.25) is 0 Å². The molecule has 2 N–H and O–H groups in total. The number of hydrogen-bond acceptors (Lipinski definition) is 2. The van der Waals surface area contributed by atoms with Crippen molar-refractivity contribution in [1.29, 1.82) is 0 Å². The summed E-state index contributed by atoms with van der Waals surface area (Å²) in [5.41, 5.74) is 1.10. The minimum absolute atomic E-state index is 0.200. The number of nitrogens with one attached hydrogen (secondary N) is 1. The van der Waals surface area contributed by atoms with Crippen molar-refractivity contribution in [2.75, 3.05) is 13.2 Å². The normalized spacial score (nSPS) is 17.4. The largest absolute Gasteiger partial charge is 0.395 e. The molecular formula is C7H13NO. The van der Waals surface area contributed by atoms with Crippen molar-refractivity contribution in [3.05, 3.63) is 12.3 Å². The minimum Gasteiger partial charge on any atom is -0.395 e. The van der Waals surface area contributed by atoms with Gasteiger partial charge < -0.3 is 10.4 Å². The van der Waals surface area contributed by atoms with Gasteiger partial charge in [0.25, 0.3) is 0 Å². The maximum atomic E-state index is 8.41. The van der Waals surface area contributed by atoms with E-state index in [1.54, 1.807) is 0 Å². The second-order valence-electron chi connectivity index (χ2n) is 2.45. The lowest BCUT2D eigenvalue weighted by molar-refractivity contribution is 0.296. The molecule has 0 bridgehead atoms. The van der Waals surface area contributed by atoms with E-state index < -0.39 is 0 Å². The molecule has 0 aromatic rings. The molecule has 1 rings (SSSR count). The van der Waals surface area contributed by atoms with Crippen LogP contribution in [-0.2, 0) is 0 Å². The molecule has 0 atom stereocenters. The molecule has 0 radical (unpaired) electrons. The van der Waals surface area contributed by atoms with Crippen LogP contribution in [0.5, 0.6) is 0 Å². The van der Waals surface area contributed by atoms with Crippen molar-refractivity contribution >= 4 is 0 Å². The van der Waals surface area contributed by atoms with Crippen molar-refractivity contribution in [3.63, 3.8) is 0 Å². The fraction of sp³-hybridized carbons (Fsp3) is 0.714. The summed E-state index contributed by atoms with van der Waals surface area (Å²) in [6.07, 6.45) is 2.55. The monoisotopic (exact) mass is 127 g/mol. The summed E-state index contributed by atoms with van der Waals surface area (Å²) >= 11 is 0. The molecule has 0 saturated heterocycles. The molecule has 1 aliphatic carbocycles. The molecule has 1 fully saturated rings. The van der Waals surface area contributed by atoms with Crippen molar-refractivity contribution in [2.45, 2.75) is 12.8 Å². The summed E-state index contributed by atoms with van der Waals surface area (Å²) in [6.45, 7) is 4.68. The molecule has 2 heteroatoms. The first-order chi connectivity index (χ1) is 4.34. The minimum atomic E-state index is 0.200. The second kappa shape index (κ2) is 2.87. The Labute approximate surface area is 55.6 Å². The first kappa shape index (κ1) is 6.62. The molecule has 0 spiro atoms. The van der Waals surface area contributed by atoms with E-state index in [4.69, 9.17) is 5.11 Å². The third-order valence-corrected chi connectivity index (χ3v) is 1.53. The molecular weight excluding hydrogens is 114 g/mol. The molecule has 0 unspecified atom stereocenters. The molecule has 9 heavy (non-hydrogen) atoms. The van der Waals surface area contributed by atoms with E-state index in [9.17, 15) is 0 Å². The predicted molar refractivity (Wildman–Crippen MR) is 37.0 cm³/mol. The maximum Gasteiger partial charge on any atom is 0.0603 e. The van der Waals surface area contributed by atoms with E-state index in [0.717, 1.165) is 5.70 Å². The summed E-state index contributed by atoms with van der Waals surface area (Å²) in [5.74, 6) is 0.705. The summed E-state index contributed by atoms with van der Waals surface area (Å²) < 4.78 is 0. The quantitative estimate of drug-likeness (QED) is 0.576. The Balaban J connectivity index is 2.03. The molecule has 0 aliphatic heterocycles. The van der Waals surface area contributed by atoms with Crippen LogP contribution in [0, 0.1) is 5.92 Å². The first-order valence-corrected chi connectivity index (χ1v) is 3.38. The van der Waals surface area contributed by atoms with Crippen LogP contribution in [-0.4, -0.2) is 18.3 Å². The van der Waals surface area contributed by atoms with Gasteiger partial charge in [-0.3, -0.25) is 0 Å². The van der Waals surface area contributed by atoms with Gasteiger partial charge in [0, 0.05) is 12.2 Å². The number of rotatable bonds is 4. The van der Waals surface area contributed by atoms with Crippen LogP contribution in [0.3, 0.4) is 0 Å². The van der Waals surface area contributed by atoms with Crippen LogP contribution in [0.2, 0.25) is 0 Å². The lowest BCUT2D eigenvalue weighted by Gasteiger charge is -2.04. The number of hydrogen-bond donors (Lipinski definition) is 2. The molecule has 0 amide bonds. The van der Waals surface area contributed by atoms with Gasteiger partial charge in [0.15, 0.2) is 0 Å². The van der Waals surface area contributed by atoms with E-state index >= 15 is 0 Å².